The number of hydrogen-bond donors (Lipinski definition) is 0. The minimum Gasteiger partial charge on any atom is -0.479 e. The van der Waals surface area contributed by atoms with Gasteiger partial charge in [0.05, 0.1) is 19.6 Å². The standard InChI is InChI=1S/C8H13NO3/c1-6(8(10)11-2)5-7-9-3-4-12-7/h6H,3-5H2,1-2H3. The molecule has 0 aromatic heterocycles. The molecule has 0 amide bonds. The zero-order valence-corrected chi connectivity index (χ0v) is 7.37. The first kappa shape index (κ1) is 9.03. The summed E-state index contributed by atoms with van der Waals surface area (Å²) in [4.78, 5) is 15.0. The van der Waals surface area contributed by atoms with Crippen LogP contribution in [0.1, 0.15) is 13.3 Å². The van der Waals surface area contributed by atoms with Gasteiger partial charge in [0.15, 0.2) is 5.90 Å². The highest BCUT2D eigenvalue weighted by Crippen LogP contribution is 2.09. The fraction of sp³-hybridized carbons (Fsp3) is 0.750. The zero-order valence-electron chi connectivity index (χ0n) is 7.37. The third-order valence-electron chi connectivity index (χ3n) is 1.73. The van der Waals surface area contributed by atoms with Gasteiger partial charge in [0.1, 0.15) is 6.61 Å². The fourth-order valence-electron chi connectivity index (χ4n) is 1.05. The van der Waals surface area contributed by atoms with Crippen LogP contribution in [0.3, 0.4) is 0 Å². The van der Waals surface area contributed by atoms with Crippen molar-refractivity contribution < 1.29 is 14.3 Å². The SMILES string of the molecule is COC(=O)C(C)CC1=NCCO1. The largest absolute Gasteiger partial charge is 0.479 e. The van der Waals surface area contributed by atoms with Crippen LogP contribution in [-0.4, -0.2) is 32.1 Å². The van der Waals surface area contributed by atoms with E-state index < -0.39 is 0 Å². The predicted octanol–water partition coefficient (Wildman–Crippen LogP) is 0.614. The molecule has 0 fully saturated rings. The molecule has 1 unspecified atom stereocenters. The van der Waals surface area contributed by atoms with Crippen molar-refractivity contribution in [2.75, 3.05) is 20.3 Å². The van der Waals surface area contributed by atoms with Gasteiger partial charge in [0.25, 0.3) is 0 Å². The summed E-state index contributed by atoms with van der Waals surface area (Å²) in [6.45, 7) is 3.16. The van der Waals surface area contributed by atoms with Gasteiger partial charge in [0, 0.05) is 6.42 Å². The summed E-state index contributed by atoms with van der Waals surface area (Å²) in [7, 11) is 1.39. The van der Waals surface area contributed by atoms with E-state index in [1.165, 1.54) is 7.11 Å². The second-order valence-electron chi connectivity index (χ2n) is 2.75. The lowest BCUT2D eigenvalue weighted by atomic mass is 10.1. The minimum absolute atomic E-state index is 0.160. The van der Waals surface area contributed by atoms with Crippen LogP contribution >= 0.6 is 0 Å². The topological polar surface area (TPSA) is 47.9 Å². The van der Waals surface area contributed by atoms with Gasteiger partial charge in [0.2, 0.25) is 0 Å². The van der Waals surface area contributed by atoms with E-state index in [4.69, 9.17) is 4.74 Å². The molecule has 0 N–H and O–H groups in total. The molecule has 1 heterocycles. The Labute approximate surface area is 71.6 Å². The maximum Gasteiger partial charge on any atom is 0.308 e. The molecule has 4 heteroatoms. The van der Waals surface area contributed by atoms with Crippen LogP contribution in [0.5, 0.6) is 0 Å². The number of methoxy groups -OCH3 is 1. The van der Waals surface area contributed by atoms with Crippen LogP contribution in [0, 0.1) is 5.92 Å². The smallest absolute Gasteiger partial charge is 0.308 e. The number of hydrogen-bond acceptors (Lipinski definition) is 4. The normalized spacial score (nSPS) is 18.0. The van der Waals surface area contributed by atoms with Crippen molar-refractivity contribution in [1.29, 1.82) is 0 Å². The van der Waals surface area contributed by atoms with E-state index in [0.29, 0.717) is 25.5 Å². The molecule has 4 nitrogen and oxygen atoms in total. The van der Waals surface area contributed by atoms with Gasteiger partial charge in [-0.15, -0.1) is 0 Å². The van der Waals surface area contributed by atoms with E-state index in [1.807, 2.05) is 0 Å². The average molecular weight is 171 g/mol. The van der Waals surface area contributed by atoms with Crippen molar-refractivity contribution in [2.45, 2.75) is 13.3 Å². The molecule has 0 bridgehead atoms. The predicted molar refractivity (Wildman–Crippen MR) is 44.1 cm³/mol. The molecule has 68 valence electrons. The van der Waals surface area contributed by atoms with Gasteiger partial charge in [-0.25, -0.2) is 0 Å². The number of carbonyl (C=O) groups excluding carboxylic acids is 1. The first-order valence-corrected chi connectivity index (χ1v) is 3.98. The van der Waals surface area contributed by atoms with Crippen molar-refractivity contribution in [2.24, 2.45) is 10.9 Å². The van der Waals surface area contributed by atoms with E-state index in [-0.39, 0.29) is 11.9 Å². The summed E-state index contributed by atoms with van der Waals surface area (Å²) in [6.07, 6.45) is 0.548. The van der Waals surface area contributed by atoms with E-state index >= 15 is 0 Å². The molecule has 0 radical (unpaired) electrons. The van der Waals surface area contributed by atoms with Crippen LogP contribution in [-0.2, 0) is 14.3 Å². The van der Waals surface area contributed by atoms with Crippen LogP contribution in [0.4, 0.5) is 0 Å². The number of aliphatic imine (C=N–C) groups is 1. The average Bonchev–Trinajstić information content (AvgIpc) is 2.55. The minimum atomic E-state index is -0.215. The molecule has 0 aromatic rings. The second kappa shape index (κ2) is 4.09. The number of esters is 1. The van der Waals surface area contributed by atoms with Gasteiger partial charge in [-0.2, -0.15) is 0 Å². The Morgan fingerprint density at radius 2 is 2.58 bits per heavy atom. The third kappa shape index (κ3) is 2.22. The van der Waals surface area contributed by atoms with E-state index in [2.05, 4.69) is 9.73 Å². The van der Waals surface area contributed by atoms with Crippen LogP contribution in [0.25, 0.3) is 0 Å². The van der Waals surface area contributed by atoms with Gasteiger partial charge >= 0.3 is 5.97 Å². The van der Waals surface area contributed by atoms with Gasteiger partial charge in [-0.1, -0.05) is 6.92 Å². The lowest BCUT2D eigenvalue weighted by Gasteiger charge is -2.07. The van der Waals surface area contributed by atoms with Crippen molar-refractivity contribution in [1.82, 2.24) is 0 Å². The van der Waals surface area contributed by atoms with Crippen molar-refractivity contribution in [3.63, 3.8) is 0 Å². The summed E-state index contributed by atoms with van der Waals surface area (Å²) in [6, 6.07) is 0. The Bertz CT molecular complexity index is 200. The molecule has 0 aliphatic carbocycles. The number of carbonyl (C=O) groups is 1. The number of ether oxygens (including phenoxy) is 2. The van der Waals surface area contributed by atoms with Gasteiger partial charge in [-0.05, 0) is 0 Å². The maximum absolute atomic E-state index is 11.0. The zero-order chi connectivity index (χ0) is 8.97. The highest BCUT2D eigenvalue weighted by atomic mass is 16.5. The van der Waals surface area contributed by atoms with E-state index in [9.17, 15) is 4.79 Å². The van der Waals surface area contributed by atoms with Gasteiger partial charge in [-0.3, -0.25) is 9.79 Å². The number of rotatable bonds is 3. The molecule has 1 aliphatic heterocycles. The molecular weight excluding hydrogens is 158 g/mol. The third-order valence-corrected chi connectivity index (χ3v) is 1.73. The first-order valence-electron chi connectivity index (χ1n) is 3.98. The quantitative estimate of drug-likeness (QED) is 0.585. The van der Waals surface area contributed by atoms with Crippen molar-refractivity contribution in [3.05, 3.63) is 0 Å². The molecule has 12 heavy (non-hydrogen) atoms. The Hall–Kier alpha value is -1.06. The summed E-state index contributed by atoms with van der Waals surface area (Å²) in [5.41, 5.74) is 0. The molecule has 0 saturated carbocycles. The monoisotopic (exact) mass is 171 g/mol. The van der Waals surface area contributed by atoms with Crippen molar-refractivity contribution in [3.8, 4) is 0 Å². The molecule has 1 rings (SSSR count). The van der Waals surface area contributed by atoms with E-state index in [0.717, 1.165) is 0 Å². The van der Waals surface area contributed by atoms with Gasteiger partial charge < -0.3 is 9.47 Å². The van der Waals surface area contributed by atoms with Crippen LogP contribution in [0.15, 0.2) is 4.99 Å². The lowest BCUT2D eigenvalue weighted by molar-refractivity contribution is -0.144. The molecule has 0 spiro atoms. The summed E-state index contributed by atoms with van der Waals surface area (Å²) < 4.78 is 9.73. The lowest BCUT2D eigenvalue weighted by Crippen LogP contribution is -2.16. The van der Waals surface area contributed by atoms with Crippen LogP contribution in [0.2, 0.25) is 0 Å². The molecule has 0 aromatic carbocycles. The second-order valence-corrected chi connectivity index (χ2v) is 2.75. The van der Waals surface area contributed by atoms with E-state index in [1.54, 1.807) is 6.92 Å². The van der Waals surface area contributed by atoms with Crippen LogP contribution < -0.4 is 0 Å². The Balaban J connectivity index is 2.34. The maximum atomic E-state index is 11.0. The molecular formula is C8H13NO3. The molecule has 1 atom stereocenters. The molecule has 0 saturated heterocycles. The number of nitrogens with zero attached hydrogens (tertiary/aromatic N) is 1. The van der Waals surface area contributed by atoms with Crippen molar-refractivity contribution >= 4 is 11.9 Å². The highest BCUT2D eigenvalue weighted by Gasteiger charge is 2.18. The Kier molecular flexibility index (Phi) is 3.08. The molecule has 1 aliphatic rings. The summed E-state index contributed by atoms with van der Waals surface area (Å²) in [5, 5.41) is 0. The first-order chi connectivity index (χ1) is 5.74. The summed E-state index contributed by atoms with van der Waals surface area (Å²) >= 11 is 0. The summed E-state index contributed by atoms with van der Waals surface area (Å²) in [5.74, 6) is 0.299. The highest BCUT2D eigenvalue weighted by molar-refractivity contribution is 5.83. The Morgan fingerprint density at radius 1 is 1.83 bits per heavy atom. The fourth-order valence-corrected chi connectivity index (χ4v) is 1.05. The Morgan fingerprint density at radius 3 is 3.08 bits per heavy atom.